The quantitative estimate of drug-likeness (QED) is 0.726. The van der Waals surface area contributed by atoms with E-state index in [0.717, 1.165) is 19.3 Å². The van der Waals surface area contributed by atoms with Crippen molar-refractivity contribution in [2.45, 2.75) is 56.8 Å². The molecule has 2 aliphatic heterocycles. The summed E-state index contributed by atoms with van der Waals surface area (Å²) in [7, 11) is 0. The fraction of sp³-hybridized carbons (Fsp3) is 0.846. The highest BCUT2D eigenvalue weighted by Crippen LogP contribution is 2.31. The fourth-order valence-electron chi connectivity index (χ4n) is 3.32. The monoisotopic (exact) mass is 253 g/mol. The maximum absolute atomic E-state index is 12.1. The average molecular weight is 253 g/mol. The lowest BCUT2D eigenvalue weighted by Crippen LogP contribution is -2.53. The van der Waals surface area contributed by atoms with Crippen molar-refractivity contribution in [2.24, 2.45) is 5.92 Å². The fourth-order valence-corrected chi connectivity index (χ4v) is 3.32. The summed E-state index contributed by atoms with van der Waals surface area (Å²) in [4.78, 5) is 25.5. The van der Waals surface area contributed by atoms with Crippen LogP contribution < -0.4 is 0 Å². The number of hydrogen-bond donors (Lipinski definition) is 1. The standard InChI is InChI=1S/C13H19NO4/c15-9-3-1-2-8(6-9)7-14-12(16)10-4-5-11(18-10)13(14)17/h8-11,15H,1-7H2. The van der Waals surface area contributed by atoms with Crippen molar-refractivity contribution >= 4 is 11.8 Å². The summed E-state index contributed by atoms with van der Waals surface area (Å²) in [6.07, 6.45) is 3.77. The number of ether oxygens (including phenoxy) is 1. The lowest BCUT2D eigenvalue weighted by atomic mass is 9.87. The van der Waals surface area contributed by atoms with Crippen molar-refractivity contribution in [3.8, 4) is 0 Å². The number of aliphatic hydroxyl groups is 1. The van der Waals surface area contributed by atoms with E-state index in [1.165, 1.54) is 4.90 Å². The van der Waals surface area contributed by atoms with Crippen LogP contribution in [0.1, 0.15) is 38.5 Å². The van der Waals surface area contributed by atoms with Crippen LogP contribution in [-0.4, -0.2) is 46.7 Å². The van der Waals surface area contributed by atoms with Crippen LogP contribution in [0.15, 0.2) is 0 Å². The number of likely N-dealkylation sites (tertiary alicyclic amines) is 1. The first-order valence-corrected chi connectivity index (χ1v) is 6.84. The molecule has 2 bridgehead atoms. The van der Waals surface area contributed by atoms with Crippen LogP contribution in [0.4, 0.5) is 0 Å². The van der Waals surface area contributed by atoms with Gasteiger partial charge < -0.3 is 9.84 Å². The van der Waals surface area contributed by atoms with Crippen LogP contribution in [0, 0.1) is 5.92 Å². The van der Waals surface area contributed by atoms with Gasteiger partial charge in [0.1, 0.15) is 12.2 Å². The molecule has 3 aliphatic rings. The number of morpholine rings is 1. The van der Waals surface area contributed by atoms with Crippen LogP contribution >= 0.6 is 0 Å². The zero-order chi connectivity index (χ0) is 12.7. The molecule has 0 aromatic rings. The first-order chi connectivity index (χ1) is 8.65. The first kappa shape index (κ1) is 12.1. The summed E-state index contributed by atoms with van der Waals surface area (Å²) < 4.78 is 5.37. The number of nitrogens with zero attached hydrogens (tertiary/aromatic N) is 1. The maximum Gasteiger partial charge on any atom is 0.258 e. The van der Waals surface area contributed by atoms with Gasteiger partial charge in [-0.25, -0.2) is 0 Å². The Kier molecular flexibility index (Phi) is 3.11. The van der Waals surface area contributed by atoms with Crippen molar-refractivity contribution in [3.05, 3.63) is 0 Å². The Hall–Kier alpha value is -0.940. The summed E-state index contributed by atoms with van der Waals surface area (Å²) in [5.74, 6) is -0.0956. The predicted molar refractivity (Wildman–Crippen MR) is 62.6 cm³/mol. The third-order valence-electron chi connectivity index (χ3n) is 4.30. The Morgan fingerprint density at radius 3 is 2.39 bits per heavy atom. The van der Waals surface area contributed by atoms with E-state index in [4.69, 9.17) is 4.74 Å². The van der Waals surface area contributed by atoms with Crippen molar-refractivity contribution in [2.75, 3.05) is 6.54 Å². The molecule has 4 atom stereocenters. The minimum Gasteiger partial charge on any atom is -0.393 e. The zero-order valence-electron chi connectivity index (χ0n) is 10.4. The molecular formula is C13H19NO4. The second-order valence-electron chi connectivity index (χ2n) is 5.66. The first-order valence-electron chi connectivity index (χ1n) is 6.84. The van der Waals surface area contributed by atoms with E-state index in [9.17, 15) is 14.7 Å². The van der Waals surface area contributed by atoms with E-state index in [-0.39, 0.29) is 23.8 Å². The van der Waals surface area contributed by atoms with Crippen LogP contribution in [0.2, 0.25) is 0 Å². The van der Waals surface area contributed by atoms with Crippen LogP contribution in [0.25, 0.3) is 0 Å². The number of carbonyl (C=O) groups is 2. The lowest BCUT2D eigenvalue weighted by Gasteiger charge is -2.34. The van der Waals surface area contributed by atoms with E-state index in [1.807, 2.05) is 0 Å². The third kappa shape index (κ3) is 2.06. The molecule has 5 nitrogen and oxygen atoms in total. The second-order valence-corrected chi connectivity index (χ2v) is 5.66. The van der Waals surface area contributed by atoms with Crippen LogP contribution in [0.5, 0.6) is 0 Å². The molecule has 2 saturated heterocycles. The molecule has 3 rings (SSSR count). The molecule has 1 saturated carbocycles. The molecule has 100 valence electrons. The van der Waals surface area contributed by atoms with E-state index >= 15 is 0 Å². The number of carbonyl (C=O) groups excluding carboxylic acids is 2. The number of rotatable bonds is 2. The molecule has 0 aromatic carbocycles. The van der Waals surface area contributed by atoms with E-state index in [1.54, 1.807) is 0 Å². The minimum atomic E-state index is -0.402. The van der Waals surface area contributed by atoms with Gasteiger partial charge in [-0.1, -0.05) is 6.42 Å². The van der Waals surface area contributed by atoms with Gasteiger partial charge in [-0.2, -0.15) is 0 Å². The molecule has 5 heteroatoms. The SMILES string of the molecule is O=C1C2CCC(O2)C(=O)N1CC1CCCC(O)C1. The molecule has 0 radical (unpaired) electrons. The van der Waals surface area contributed by atoms with Gasteiger partial charge in [0, 0.05) is 6.54 Å². The van der Waals surface area contributed by atoms with Gasteiger partial charge in [-0.15, -0.1) is 0 Å². The van der Waals surface area contributed by atoms with Gasteiger partial charge in [0.05, 0.1) is 6.10 Å². The van der Waals surface area contributed by atoms with E-state index in [0.29, 0.717) is 25.8 Å². The number of aliphatic hydroxyl groups excluding tert-OH is 1. The molecule has 1 aliphatic carbocycles. The second kappa shape index (κ2) is 4.63. The largest absolute Gasteiger partial charge is 0.393 e. The van der Waals surface area contributed by atoms with Crippen molar-refractivity contribution in [3.63, 3.8) is 0 Å². The van der Waals surface area contributed by atoms with Crippen molar-refractivity contribution in [1.82, 2.24) is 4.90 Å². The van der Waals surface area contributed by atoms with Crippen LogP contribution in [-0.2, 0) is 14.3 Å². The molecule has 2 heterocycles. The van der Waals surface area contributed by atoms with Gasteiger partial charge in [-0.3, -0.25) is 14.5 Å². The molecule has 0 spiro atoms. The average Bonchev–Trinajstić information content (AvgIpc) is 2.79. The van der Waals surface area contributed by atoms with Gasteiger partial charge in [0.25, 0.3) is 11.8 Å². The maximum atomic E-state index is 12.1. The summed E-state index contributed by atoms with van der Waals surface area (Å²) >= 11 is 0. The summed E-state index contributed by atoms with van der Waals surface area (Å²) in [5.41, 5.74) is 0. The van der Waals surface area contributed by atoms with Crippen molar-refractivity contribution in [1.29, 1.82) is 0 Å². The Morgan fingerprint density at radius 1 is 1.11 bits per heavy atom. The highest BCUT2D eigenvalue weighted by atomic mass is 16.5. The summed E-state index contributed by atoms with van der Waals surface area (Å²) in [6.45, 7) is 0.463. The summed E-state index contributed by atoms with van der Waals surface area (Å²) in [6, 6.07) is 0. The Balaban J connectivity index is 1.68. The smallest absolute Gasteiger partial charge is 0.258 e. The van der Waals surface area contributed by atoms with Crippen molar-refractivity contribution < 1.29 is 19.4 Å². The zero-order valence-corrected chi connectivity index (χ0v) is 10.4. The molecule has 4 unspecified atom stereocenters. The molecule has 18 heavy (non-hydrogen) atoms. The summed E-state index contributed by atoms with van der Waals surface area (Å²) in [5, 5.41) is 9.64. The van der Waals surface area contributed by atoms with E-state index < -0.39 is 12.2 Å². The molecule has 1 N–H and O–H groups in total. The normalized spacial score (nSPS) is 40.4. The molecule has 3 fully saturated rings. The highest BCUT2D eigenvalue weighted by Gasteiger charge is 2.46. The Labute approximate surface area is 106 Å². The number of imide groups is 1. The minimum absolute atomic E-state index is 0.172. The third-order valence-corrected chi connectivity index (χ3v) is 4.30. The molecular weight excluding hydrogens is 234 g/mol. The number of hydrogen-bond acceptors (Lipinski definition) is 4. The van der Waals surface area contributed by atoms with Crippen LogP contribution in [0.3, 0.4) is 0 Å². The molecule has 2 amide bonds. The molecule has 0 aromatic heterocycles. The number of fused-ring (bicyclic) bond motifs is 2. The van der Waals surface area contributed by atoms with Gasteiger partial charge in [0.15, 0.2) is 0 Å². The van der Waals surface area contributed by atoms with Gasteiger partial charge in [-0.05, 0) is 38.0 Å². The van der Waals surface area contributed by atoms with E-state index in [2.05, 4.69) is 0 Å². The lowest BCUT2D eigenvalue weighted by molar-refractivity contribution is -0.169. The van der Waals surface area contributed by atoms with Gasteiger partial charge in [0.2, 0.25) is 0 Å². The topological polar surface area (TPSA) is 66.8 Å². The highest BCUT2D eigenvalue weighted by molar-refractivity contribution is 6.02. The van der Waals surface area contributed by atoms with Gasteiger partial charge >= 0.3 is 0 Å². The number of amides is 2. The predicted octanol–water partition coefficient (Wildman–Crippen LogP) is 0.454. The Morgan fingerprint density at radius 2 is 1.78 bits per heavy atom. The Bertz CT molecular complexity index is 348.